The Balaban J connectivity index is 1.09. The lowest BCUT2D eigenvalue weighted by atomic mass is 9.86. The summed E-state index contributed by atoms with van der Waals surface area (Å²) >= 11 is 0. The highest BCUT2D eigenvalue weighted by molar-refractivity contribution is 5.81. The Morgan fingerprint density at radius 1 is 0.683 bits per heavy atom. The Labute approximate surface area is 238 Å². The molecule has 41 heavy (non-hydrogen) atoms. The van der Waals surface area contributed by atoms with Crippen molar-refractivity contribution in [3.63, 3.8) is 0 Å². The van der Waals surface area contributed by atoms with Crippen LogP contribution >= 0.6 is 0 Å². The number of rotatable bonds is 10. The molecule has 4 rings (SSSR count). The largest absolute Gasteiger partial charge is 0.508 e. The Morgan fingerprint density at radius 3 is 1.71 bits per heavy atom. The minimum Gasteiger partial charge on any atom is -0.462 e. The van der Waals surface area contributed by atoms with Gasteiger partial charge >= 0.3 is 30.0 Å². The lowest BCUT2D eigenvalue weighted by Gasteiger charge is -2.31. The van der Waals surface area contributed by atoms with Crippen molar-refractivity contribution >= 4 is 30.0 Å². The third kappa shape index (κ3) is 8.65. The summed E-state index contributed by atoms with van der Waals surface area (Å²) in [5.74, 6) is -2.18. The predicted octanol–water partition coefficient (Wildman–Crippen LogP) is 2.17. The van der Waals surface area contributed by atoms with Crippen molar-refractivity contribution in [1.29, 1.82) is 0 Å². The van der Waals surface area contributed by atoms with Gasteiger partial charge in [-0.05, 0) is 51.4 Å². The zero-order valence-electron chi connectivity index (χ0n) is 23.2. The monoisotopic (exact) mass is 582 g/mol. The number of carbonyl (C=O) groups excluding carboxylic acids is 5. The van der Waals surface area contributed by atoms with E-state index in [-0.39, 0.29) is 62.4 Å². The van der Waals surface area contributed by atoms with E-state index in [0.717, 1.165) is 6.08 Å². The van der Waals surface area contributed by atoms with Crippen LogP contribution in [0.3, 0.4) is 0 Å². The average molecular weight is 583 g/mol. The number of fused-ring (bicyclic) bond motifs is 1. The highest BCUT2D eigenvalue weighted by Gasteiger charge is 2.51. The fourth-order valence-corrected chi connectivity index (χ4v) is 5.68. The van der Waals surface area contributed by atoms with Crippen LogP contribution in [0.15, 0.2) is 12.7 Å². The normalized spacial score (nSPS) is 32.6. The van der Waals surface area contributed by atoms with E-state index in [2.05, 4.69) is 6.58 Å². The van der Waals surface area contributed by atoms with Crippen molar-refractivity contribution < 1.29 is 61.9 Å². The minimum atomic E-state index is -0.844. The maximum absolute atomic E-state index is 12.8. The smallest absolute Gasteiger partial charge is 0.462 e. The molecule has 2 saturated carbocycles. The molecule has 13 nitrogen and oxygen atoms in total. The van der Waals surface area contributed by atoms with Crippen LogP contribution < -0.4 is 0 Å². The van der Waals surface area contributed by atoms with Crippen LogP contribution in [-0.4, -0.2) is 93.1 Å². The molecule has 4 fully saturated rings. The van der Waals surface area contributed by atoms with Crippen LogP contribution in [0.2, 0.25) is 0 Å². The van der Waals surface area contributed by atoms with Gasteiger partial charge in [0.15, 0.2) is 12.2 Å². The second-order valence-corrected chi connectivity index (χ2v) is 10.7. The van der Waals surface area contributed by atoms with Crippen molar-refractivity contribution in [3.8, 4) is 0 Å². The van der Waals surface area contributed by atoms with Gasteiger partial charge in [-0.25, -0.2) is 9.59 Å². The molecule has 0 amide bonds. The Bertz CT molecular complexity index is 964. The maximum Gasteiger partial charge on any atom is 0.508 e. The molecule has 2 heterocycles. The summed E-state index contributed by atoms with van der Waals surface area (Å²) in [5, 5.41) is 0. The second-order valence-electron chi connectivity index (χ2n) is 10.7. The third-order valence-corrected chi connectivity index (χ3v) is 7.82. The van der Waals surface area contributed by atoms with Crippen LogP contribution in [0.25, 0.3) is 0 Å². The first-order valence-corrected chi connectivity index (χ1v) is 14.2. The summed E-state index contributed by atoms with van der Waals surface area (Å²) in [5.41, 5.74) is 0. The molecule has 0 spiro atoms. The lowest BCUT2D eigenvalue weighted by Crippen LogP contribution is -2.38. The fraction of sp³-hybridized carbons (Fsp3) is 0.750. The first-order valence-electron chi connectivity index (χ1n) is 14.2. The van der Waals surface area contributed by atoms with E-state index < -0.39 is 42.5 Å². The summed E-state index contributed by atoms with van der Waals surface area (Å²) in [4.78, 5) is 59.6. The van der Waals surface area contributed by atoms with Gasteiger partial charge in [0.2, 0.25) is 0 Å². The van der Waals surface area contributed by atoms with Crippen LogP contribution in [-0.2, 0) is 57.1 Å². The van der Waals surface area contributed by atoms with Gasteiger partial charge < -0.3 is 37.9 Å². The van der Waals surface area contributed by atoms with Crippen molar-refractivity contribution in [2.24, 2.45) is 11.8 Å². The standard InChI is InChI=1S/C28H38O13/c1-3-23(30)34-12-13-35-28(33)40-20-10-6-17(7-11-20)26(31)39-19-8-4-18(5-9-19)27(32)41-22-15-37-24-21(38-16(2)29)14-36-25(22)24/h3,17-22,24-25H,1,4-15H2,2H3. The first kappa shape index (κ1) is 30.8. The van der Waals surface area contributed by atoms with Crippen LogP contribution in [0.1, 0.15) is 58.3 Å². The molecule has 2 aliphatic heterocycles. The zero-order valence-corrected chi connectivity index (χ0v) is 23.2. The molecule has 2 aliphatic carbocycles. The van der Waals surface area contributed by atoms with Gasteiger partial charge in [0.1, 0.15) is 37.6 Å². The topological polar surface area (TPSA) is 159 Å². The molecule has 228 valence electrons. The summed E-state index contributed by atoms with van der Waals surface area (Å²) in [6.07, 6.45) is 1.91. The zero-order chi connectivity index (χ0) is 29.4. The number of carbonyl (C=O) groups is 5. The van der Waals surface area contributed by atoms with Crippen molar-refractivity contribution in [2.45, 2.75) is 94.9 Å². The number of hydrogen-bond donors (Lipinski definition) is 0. The van der Waals surface area contributed by atoms with E-state index in [1.165, 1.54) is 6.92 Å². The van der Waals surface area contributed by atoms with Crippen molar-refractivity contribution in [3.05, 3.63) is 12.7 Å². The lowest BCUT2D eigenvalue weighted by molar-refractivity contribution is -0.163. The summed E-state index contributed by atoms with van der Waals surface area (Å²) in [6, 6.07) is 0. The molecule has 0 aromatic heterocycles. The van der Waals surface area contributed by atoms with E-state index >= 15 is 0 Å². The van der Waals surface area contributed by atoms with Crippen molar-refractivity contribution in [2.75, 3.05) is 26.4 Å². The highest BCUT2D eigenvalue weighted by Crippen LogP contribution is 2.34. The molecular formula is C28H38O13. The Morgan fingerprint density at radius 2 is 1.17 bits per heavy atom. The summed E-state index contributed by atoms with van der Waals surface area (Å²) in [7, 11) is 0. The van der Waals surface area contributed by atoms with Crippen LogP contribution in [0, 0.1) is 11.8 Å². The third-order valence-electron chi connectivity index (χ3n) is 7.82. The maximum atomic E-state index is 12.8. The Kier molecular flexibility index (Phi) is 11.0. The molecule has 4 atom stereocenters. The molecule has 4 unspecified atom stereocenters. The van der Waals surface area contributed by atoms with Crippen LogP contribution in [0.5, 0.6) is 0 Å². The molecule has 0 N–H and O–H groups in total. The number of ether oxygens (including phenoxy) is 8. The van der Waals surface area contributed by atoms with Gasteiger partial charge in [-0.2, -0.15) is 0 Å². The van der Waals surface area contributed by atoms with Gasteiger partial charge in [-0.3, -0.25) is 14.4 Å². The minimum absolute atomic E-state index is 0.0909. The van der Waals surface area contributed by atoms with E-state index in [1.807, 2.05) is 0 Å². The van der Waals surface area contributed by atoms with Gasteiger partial charge in [0.05, 0.1) is 25.0 Å². The van der Waals surface area contributed by atoms with E-state index in [0.29, 0.717) is 51.4 Å². The second kappa shape index (κ2) is 14.6. The molecule has 0 radical (unpaired) electrons. The first-order chi connectivity index (χ1) is 19.7. The van der Waals surface area contributed by atoms with Gasteiger partial charge in [-0.15, -0.1) is 0 Å². The molecule has 2 saturated heterocycles. The predicted molar refractivity (Wildman–Crippen MR) is 136 cm³/mol. The molecule has 13 heteroatoms. The van der Waals surface area contributed by atoms with Crippen molar-refractivity contribution in [1.82, 2.24) is 0 Å². The van der Waals surface area contributed by atoms with E-state index in [4.69, 9.17) is 37.9 Å². The molecule has 0 aromatic rings. The molecular weight excluding hydrogens is 544 g/mol. The molecule has 4 aliphatic rings. The van der Waals surface area contributed by atoms with Gasteiger partial charge in [-0.1, -0.05) is 6.58 Å². The summed E-state index contributed by atoms with van der Waals surface area (Å²) in [6.45, 7) is 4.78. The van der Waals surface area contributed by atoms with E-state index in [9.17, 15) is 24.0 Å². The fourth-order valence-electron chi connectivity index (χ4n) is 5.68. The summed E-state index contributed by atoms with van der Waals surface area (Å²) < 4.78 is 42.9. The van der Waals surface area contributed by atoms with E-state index in [1.54, 1.807) is 0 Å². The van der Waals surface area contributed by atoms with Gasteiger partial charge in [0.25, 0.3) is 0 Å². The highest BCUT2D eigenvalue weighted by atomic mass is 16.7. The average Bonchev–Trinajstić information content (AvgIpc) is 3.54. The Hall–Kier alpha value is -3.19. The SMILES string of the molecule is C=CC(=O)OCCOC(=O)OC1CCC(C(=O)OC2CCC(C(=O)OC3COC4C(OC(C)=O)COC34)CC2)CC1. The molecule has 0 bridgehead atoms. The molecule has 0 aromatic carbocycles. The quantitative estimate of drug-likeness (QED) is 0.160. The number of esters is 4. The van der Waals surface area contributed by atoms with Gasteiger partial charge in [0, 0.05) is 13.0 Å². The number of hydrogen-bond acceptors (Lipinski definition) is 13. The van der Waals surface area contributed by atoms with Crippen LogP contribution in [0.4, 0.5) is 4.79 Å².